The number of nitro groups is 1. The van der Waals surface area contributed by atoms with Gasteiger partial charge in [0.05, 0.1) is 6.10 Å². The standard InChI is InChI=1S/C9H11N3O3/c13-7-4-6(5-7)11-8-2-1-3-10-9(8)12(14)15/h1-3,6-7,11,13H,4-5H2. The number of nitrogens with zero attached hydrogens (tertiary/aromatic N) is 2. The number of rotatable bonds is 3. The molecule has 0 aromatic carbocycles. The number of aliphatic hydroxyl groups is 1. The predicted molar refractivity (Wildman–Crippen MR) is 53.5 cm³/mol. The average molecular weight is 209 g/mol. The number of pyridine rings is 1. The number of nitrogens with one attached hydrogen (secondary N) is 1. The van der Waals surface area contributed by atoms with Gasteiger partial charge in [-0.15, -0.1) is 0 Å². The molecule has 1 aromatic rings. The van der Waals surface area contributed by atoms with E-state index in [1.807, 2.05) is 0 Å². The monoisotopic (exact) mass is 209 g/mol. The summed E-state index contributed by atoms with van der Waals surface area (Å²) in [6, 6.07) is 3.38. The summed E-state index contributed by atoms with van der Waals surface area (Å²) in [7, 11) is 0. The third-order valence-electron chi connectivity index (χ3n) is 2.43. The van der Waals surface area contributed by atoms with Crippen molar-refractivity contribution in [3.8, 4) is 0 Å². The lowest BCUT2D eigenvalue weighted by Gasteiger charge is -2.32. The lowest BCUT2D eigenvalue weighted by Crippen LogP contribution is -2.39. The summed E-state index contributed by atoms with van der Waals surface area (Å²) in [6.07, 6.45) is 2.37. The van der Waals surface area contributed by atoms with Crippen LogP contribution in [-0.2, 0) is 0 Å². The Balaban J connectivity index is 2.10. The SMILES string of the molecule is O=[N+]([O-])c1ncccc1NC1CC(O)C1. The predicted octanol–water partition coefficient (Wildman–Crippen LogP) is 0.925. The number of anilines is 1. The molecule has 0 aliphatic heterocycles. The zero-order chi connectivity index (χ0) is 10.8. The molecule has 1 aromatic heterocycles. The van der Waals surface area contributed by atoms with Crippen molar-refractivity contribution in [3.63, 3.8) is 0 Å². The zero-order valence-corrected chi connectivity index (χ0v) is 7.96. The van der Waals surface area contributed by atoms with E-state index in [1.54, 1.807) is 12.1 Å². The van der Waals surface area contributed by atoms with Crippen molar-refractivity contribution in [2.24, 2.45) is 0 Å². The van der Waals surface area contributed by atoms with Gasteiger partial charge in [-0.2, -0.15) is 0 Å². The summed E-state index contributed by atoms with van der Waals surface area (Å²) in [5.41, 5.74) is 0.416. The highest BCUT2D eigenvalue weighted by molar-refractivity contribution is 5.57. The van der Waals surface area contributed by atoms with E-state index in [0.29, 0.717) is 18.5 Å². The van der Waals surface area contributed by atoms with E-state index in [1.165, 1.54) is 6.20 Å². The van der Waals surface area contributed by atoms with Gasteiger partial charge in [-0.25, -0.2) is 0 Å². The van der Waals surface area contributed by atoms with E-state index in [4.69, 9.17) is 5.11 Å². The normalized spacial score (nSPS) is 24.3. The third kappa shape index (κ3) is 2.04. The highest BCUT2D eigenvalue weighted by Gasteiger charge is 2.28. The van der Waals surface area contributed by atoms with E-state index >= 15 is 0 Å². The molecule has 0 bridgehead atoms. The van der Waals surface area contributed by atoms with Gasteiger partial charge in [-0.1, -0.05) is 0 Å². The molecule has 80 valence electrons. The zero-order valence-electron chi connectivity index (χ0n) is 7.96. The first-order valence-corrected chi connectivity index (χ1v) is 4.71. The van der Waals surface area contributed by atoms with E-state index < -0.39 is 4.92 Å². The molecule has 15 heavy (non-hydrogen) atoms. The second-order valence-corrected chi connectivity index (χ2v) is 3.60. The molecule has 1 fully saturated rings. The van der Waals surface area contributed by atoms with Gasteiger partial charge >= 0.3 is 5.82 Å². The van der Waals surface area contributed by atoms with Crippen LogP contribution >= 0.6 is 0 Å². The summed E-state index contributed by atoms with van der Waals surface area (Å²) >= 11 is 0. The van der Waals surface area contributed by atoms with Crippen molar-refractivity contribution in [3.05, 3.63) is 28.4 Å². The molecule has 0 saturated heterocycles. The van der Waals surface area contributed by atoms with Crippen LogP contribution in [0.3, 0.4) is 0 Å². The van der Waals surface area contributed by atoms with Gasteiger partial charge in [0.2, 0.25) is 0 Å². The van der Waals surface area contributed by atoms with E-state index in [2.05, 4.69) is 10.3 Å². The Kier molecular flexibility index (Phi) is 2.51. The highest BCUT2D eigenvalue weighted by atomic mass is 16.6. The van der Waals surface area contributed by atoms with Crippen LogP contribution in [0.5, 0.6) is 0 Å². The highest BCUT2D eigenvalue weighted by Crippen LogP contribution is 2.27. The first kappa shape index (κ1) is 9.85. The van der Waals surface area contributed by atoms with E-state index in [9.17, 15) is 10.1 Å². The Labute approximate surface area is 86.1 Å². The quantitative estimate of drug-likeness (QED) is 0.571. The third-order valence-corrected chi connectivity index (χ3v) is 2.43. The van der Waals surface area contributed by atoms with Gasteiger partial charge in [-0.3, -0.25) is 0 Å². The maximum Gasteiger partial charge on any atom is 0.386 e. The van der Waals surface area contributed by atoms with Gasteiger partial charge in [0.15, 0.2) is 0 Å². The van der Waals surface area contributed by atoms with Gasteiger partial charge in [0.25, 0.3) is 0 Å². The van der Waals surface area contributed by atoms with E-state index in [-0.39, 0.29) is 18.0 Å². The van der Waals surface area contributed by atoms with Crippen molar-refractivity contribution in [2.45, 2.75) is 25.0 Å². The summed E-state index contributed by atoms with van der Waals surface area (Å²) in [5.74, 6) is -0.168. The maximum atomic E-state index is 10.6. The molecule has 1 saturated carbocycles. The topological polar surface area (TPSA) is 88.3 Å². The largest absolute Gasteiger partial charge is 0.393 e. The molecule has 2 rings (SSSR count). The minimum Gasteiger partial charge on any atom is -0.393 e. The van der Waals surface area contributed by atoms with Crippen LogP contribution in [0.25, 0.3) is 0 Å². The molecular weight excluding hydrogens is 198 g/mol. The smallest absolute Gasteiger partial charge is 0.386 e. The molecule has 2 N–H and O–H groups in total. The van der Waals surface area contributed by atoms with Gasteiger partial charge < -0.3 is 20.5 Å². The van der Waals surface area contributed by atoms with Crippen molar-refractivity contribution in [2.75, 3.05) is 5.32 Å². The van der Waals surface area contributed by atoms with Gasteiger partial charge in [0, 0.05) is 6.04 Å². The number of aromatic nitrogens is 1. The average Bonchev–Trinajstić information content (AvgIpc) is 2.16. The fraction of sp³-hybridized carbons (Fsp3) is 0.444. The summed E-state index contributed by atoms with van der Waals surface area (Å²) in [4.78, 5) is 13.8. The Morgan fingerprint density at radius 3 is 2.93 bits per heavy atom. The molecule has 6 heteroatoms. The van der Waals surface area contributed by atoms with Crippen LogP contribution in [0, 0.1) is 10.1 Å². The number of aliphatic hydroxyl groups excluding tert-OH is 1. The molecule has 0 radical (unpaired) electrons. The maximum absolute atomic E-state index is 10.6. The summed E-state index contributed by atoms with van der Waals surface area (Å²) in [6.45, 7) is 0. The van der Waals surface area contributed by atoms with Crippen molar-refractivity contribution in [1.29, 1.82) is 0 Å². The minimum atomic E-state index is -0.516. The fourth-order valence-corrected chi connectivity index (χ4v) is 1.58. The molecular formula is C9H11N3O3. The first-order valence-electron chi connectivity index (χ1n) is 4.71. The molecule has 0 amide bonds. The lowest BCUT2D eigenvalue weighted by atomic mass is 9.89. The van der Waals surface area contributed by atoms with Gasteiger partial charge in [0.1, 0.15) is 11.9 Å². The van der Waals surface area contributed by atoms with Gasteiger partial charge in [-0.05, 0) is 34.9 Å². The molecule has 0 atom stereocenters. The summed E-state index contributed by atoms with van der Waals surface area (Å²) in [5, 5.41) is 22.7. The van der Waals surface area contributed by atoms with Crippen molar-refractivity contribution < 1.29 is 10.0 Å². The Morgan fingerprint density at radius 1 is 1.60 bits per heavy atom. The van der Waals surface area contributed by atoms with Crippen LogP contribution < -0.4 is 5.32 Å². The Bertz CT molecular complexity index is 377. The molecule has 6 nitrogen and oxygen atoms in total. The fourth-order valence-electron chi connectivity index (χ4n) is 1.58. The van der Waals surface area contributed by atoms with Crippen LogP contribution in [0.4, 0.5) is 11.5 Å². The minimum absolute atomic E-state index is 0.114. The number of hydrogen-bond donors (Lipinski definition) is 2. The van der Waals surface area contributed by atoms with Crippen molar-refractivity contribution >= 4 is 11.5 Å². The first-order chi connectivity index (χ1) is 7.16. The molecule has 0 unspecified atom stereocenters. The van der Waals surface area contributed by atoms with Crippen LogP contribution in [0.1, 0.15) is 12.8 Å². The number of hydrogen-bond acceptors (Lipinski definition) is 5. The summed E-state index contributed by atoms with van der Waals surface area (Å²) < 4.78 is 0. The molecule has 0 spiro atoms. The second-order valence-electron chi connectivity index (χ2n) is 3.60. The molecule has 1 aliphatic carbocycles. The molecule has 1 aliphatic rings. The lowest BCUT2D eigenvalue weighted by molar-refractivity contribution is -0.388. The molecule has 1 heterocycles. The second kappa shape index (κ2) is 3.82. The van der Waals surface area contributed by atoms with Crippen LogP contribution in [0.15, 0.2) is 18.3 Å². The van der Waals surface area contributed by atoms with Crippen molar-refractivity contribution in [1.82, 2.24) is 4.98 Å². The Hall–Kier alpha value is -1.69. The van der Waals surface area contributed by atoms with Crippen LogP contribution in [-0.4, -0.2) is 27.2 Å². The Morgan fingerprint density at radius 2 is 2.33 bits per heavy atom. The van der Waals surface area contributed by atoms with Crippen LogP contribution in [0.2, 0.25) is 0 Å². The van der Waals surface area contributed by atoms with E-state index in [0.717, 1.165) is 0 Å².